The van der Waals surface area contributed by atoms with Crippen LogP contribution >= 0.6 is 0 Å². The highest BCUT2D eigenvalue weighted by Gasteiger charge is 2.37. The van der Waals surface area contributed by atoms with Gasteiger partial charge in [-0.15, -0.1) is 0 Å². The van der Waals surface area contributed by atoms with E-state index >= 15 is 0 Å². The number of rotatable bonds is 6. The molecule has 0 aromatic heterocycles. The Hall–Kier alpha value is -3.86. The fraction of sp³-hybridized carbons (Fsp3) is 0.238. The standard InChI is InChI=1S/C21H19N3O5/c1-28-18-5-3-2-4-17(18)24-12-15(10-20(24)26)21(27)29-13-19(25)23-16-8-6-14(11-22)7-9-16/h2-9,15H,10,12-13H2,1H3,(H,23,25)/t15-/m0/s1. The van der Waals surface area contributed by atoms with Crippen molar-refractivity contribution >= 4 is 29.2 Å². The van der Waals surface area contributed by atoms with Gasteiger partial charge in [0, 0.05) is 18.7 Å². The number of carbonyl (C=O) groups excluding carboxylic acids is 3. The number of carbonyl (C=O) groups is 3. The molecule has 1 saturated heterocycles. The van der Waals surface area contributed by atoms with Crippen molar-refractivity contribution in [1.82, 2.24) is 0 Å². The second kappa shape index (κ2) is 8.89. The minimum atomic E-state index is -0.657. The van der Waals surface area contributed by atoms with E-state index in [9.17, 15) is 14.4 Å². The molecular formula is C21H19N3O5. The molecule has 0 bridgehead atoms. The molecule has 3 rings (SSSR count). The van der Waals surface area contributed by atoms with Gasteiger partial charge in [0.05, 0.1) is 30.3 Å². The molecule has 0 unspecified atom stereocenters. The van der Waals surface area contributed by atoms with E-state index in [2.05, 4.69) is 5.32 Å². The van der Waals surface area contributed by atoms with Gasteiger partial charge in [-0.25, -0.2) is 0 Å². The zero-order valence-corrected chi connectivity index (χ0v) is 15.8. The number of para-hydroxylation sites is 2. The number of benzene rings is 2. The molecule has 148 valence electrons. The predicted octanol–water partition coefficient (Wildman–Crippen LogP) is 2.10. The van der Waals surface area contributed by atoms with Gasteiger partial charge in [-0.2, -0.15) is 5.26 Å². The van der Waals surface area contributed by atoms with E-state index in [1.54, 1.807) is 48.5 Å². The average molecular weight is 393 g/mol. The number of methoxy groups -OCH3 is 1. The lowest BCUT2D eigenvalue weighted by Gasteiger charge is -2.19. The van der Waals surface area contributed by atoms with Crippen molar-refractivity contribution in [3.05, 3.63) is 54.1 Å². The van der Waals surface area contributed by atoms with E-state index in [4.69, 9.17) is 14.7 Å². The van der Waals surface area contributed by atoms with Crippen molar-refractivity contribution in [1.29, 1.82) is 5.26 Å². The SMILES string of the molecule is COc1ccccc1N1C[C@@H](C(=O)OCC(=O)Nc2ccc(C#N)cc2)CC1=O. The molecule has 1 fully saturated rings. The Bertz CT molecular complexity index is 965. The highest BCUT2D eigenvalue weighted by atomic mass is 16.5. The van der Waals surface area contributed by atoms with E-state index < -0.39 is 24.4 Å². The molecule has 0 radical (unpaired) electrons. The number of nitriles is 1. The quantitative estimate of drug-likeness (QED) is 0.753. The monoisotopic (exact) mass is 393 g/mol. The van der Waals surface area contributed by atoms with E-state index in [1.807, 2.05) is 6.07 Å². The first-order valence-corrected chi connectivity index (χ1v) is 8.92. The van der Waals surface area contributed by atoms with Gasteiger partial charge in [0.25, 0.3) is 5.91 Å². The number of nitrogens with one attached hydrogen (secondary N) is 1. The van der Waals surface area contributed by atoms with Gasteiger partial charge < -0.3 is 19.7 Å². The first-order chi connectivity index (χ1) is 14.0. The first-order valence-electron chi connectivity index (χ1n) is 8.92. The van der Waals surface area contributed by atoms with Crippen LogP contribution in [0.15, 0.2) is 48.5 Å². The Kier molecular flexibility index (Phi) is 6.09. The minimum absolute atomic E-state index is 0.00806. The van der Waals surface area contributed by atoms with Gasteiger partial charge in [-0.3, -0.25) is 14.4 Å². The maximum atomic E-state index is 12.3. The van der Waals surface area contributed by atoms with Crippen molar-refractivity contribution in [2.45, 2.75) is 6.42 Å². The molecule has 29 heavy (non-hydrogen) atoms. The molecule has 1 aliphatic heterocycles. The Balaban J connectivity index is 1.54. The third-order valence-corrected chi connectivity index (χ3v) is 4.48. The molecule has 1 atom stereocenters. The minimum Gasteiger partial charge on any atom is -0.495 e. The summed E-state index contributed by atoms with van der Waals surface area (Å²) in [5.74, 6) is -1.44. The largest absolute Gasteiger partial charge is 0.495 e. The lowest BCUT2D eigenvalue weighted by Crippen LogP contribution is -2.28. The molecule has 1 N–H and O–H groups in total. The summed E-state index contributed by atoms with van der Waals surface area (Å²) in [6.07, 6.45) is 0.00806. The van der Waals surface area contributed by atoms with Crippen molar-refractivity contribution in [3.63, 3.8) is 0 Å². The number of hydrogen-bond donors (Lipinski definition) is 1. The van der Waals surface area contributed by atoms with Crippen LogP contribution in [0.5, 0.6) is 5.75 Å². The summed E-state index contributed by atoms with van der Waals surface area (Å²) in [4.78, 5) is 38.1. The third kappa shape index (κ3) is 4.71. The highest BCUT2D eigenvalue weighted by Crippen LogP contribution is 2.33. The molecule has 2 aromatic carbocycles. The molecule has 8 nitrogen and oxygen atoms in total. The molecule has 0 aliphatic carbocycles. The maximum Gasteiger partial charge on any atom is 0.311 e. The van der Waals surface area contributed by atoms with E-state index in [-0.39, 0.29) is 18.9 Å². The van der Waals surface area contributed by atoms with E-state index in [0.717, 1.165) is 0 Å². The van der Waals surface area contributed by atoms with Crippen LogP contribution in [0, 0.1) is 17.2 Å². The summed E-state index contributed by atoms with van der Waals surface area (Å²) >= 11 is 0. The summed E-state index contributed by atoms with van der Waals surface area (Å²) in [7, 11) is 1.51. The summed E-state index contributed by atoms with van der Waals surface area (Å²) in [6, 6.07) is 15.3. The van der Waals surface area contributed by atoms with Gasteiger partial charge in [0.15, 0.2) is 6.61 Å². The Morgan fingerprint density at radius 1 is 1.21 bits per heavy atom. The average Bonchev–Trinajstić information content (AvgIpc) is 3.14. The Morgan fingerprint density at radius 2 is 1.93 bits per heavy atom. The maximum absolute atomic E-state index is 12.3. The zero-order valence-electron chi connectivity index (χ0n) is 15.8. The molecule has 1 heterocycles. The Labute approximate surface area is 167 Å². The molecule has 8 heteroatoms. The van der Waals surface area contributed by atoms with Gasteiger partial charge >= 0.3 is 5.97 Å². The summed E-state index contributed by atoms with van der Waals surface area (Å²) in [6.45, 7) is -0.298. The van der Waals surface area contributed by atoms with Crippen molar-refractivity contribution < 1.29 is 23.9 Å². The van der Waals surface area contributed by atoms with Gasteiger partial charge in [-0.05, 0) is 36.4 Å². The van der Waals surface area contributed by atoms with Crippen molar-refractivity contribution in [2.75, 3.05) is 30.5 Å². The second-order valence-electron chi connectivity index (χ2n) is 6.42. The predicted molar refractivity (Wildman–Crippen MR) is 104 cm³/mol. The van der Waals surface area contributed by atoms with Gasteiger partial charge in [0.1, 0.15) is 5.75 Å². The van der Waals surface area contributed by atoms with Crippen LogP contribution in [0.1, 0.15) is 12.0 Å². The lowest BCUT2D eigenvalue weighted by atomic mass is 10.1. The second-order valence-corrected chi connectivity index (χ2v) is 6.42. The topological polar surface area (TPSA) is 109 Å². The number of anilines is 2. The van der Waals surface area contributed by atoms with Crippen LogP contribution in [0.4, 0.5) is 11.4 Å². The van der Waals surface area contributed by atoms with Gasteiger partial charge in [0.2, 0.25) is 5.91 Å². The summed E-state index contributed by atoms with van der Waals surface area (Å²) in [5.41, 5.74) is 1.55. The van der Waals surface area contributed by atoms with Crippen molar-refractivity contribution in [3.8, 4) is 11.8 Å². The number of esters is 1. The lowest BCUT2D eigenvalue weighted by molar-refractivity contribution is -0.151. The molecular weight excluding hydrogens is 374 g/mol. The van der Waals surface area contributed by atoms with Crippen LogP contribution in [0.25, 0.3) is 0 Å². The fourth-order valence-electron chi connectivity index (χ4n) is 3.03. The normalized spacial score (nSPS) is 15.5. The van der Waals surface area contributed by atoms with Crippen LogP contribution < -0.4 is 15.0 Å². The van der Waals surface area contributed by atoms with Crippen LogP contribution in [0.3, 0.4) is 0 Å². The molecule has 2 amide bonds. The molecule has 2 aromatic rings. The highest BCUT2D eigenvalue weighted by molar-refractivity contribution is 6.01. The Morgan fingerprint density at radius 3 is 2.62 bits per heavy atom. The molecule has 0 saturated carbocycles. The summed E-state index contributed by atoms with van der Waals surface area (Å²) in [5, 5.41) is 11.3. The molecule has 1 aliphatic rings. The first kappa shape index (κ1) is 19.9. The van der Waals surface area contributed by atoms with Crippen LogP contribution in [-0.2, 0) is 19.1 Å². The number of nitrogens with zero attached hydrogens (tertiary/aromatic N) is 2. The third-order valence-electron chi connectivity index (χ3n) is 4.48. The number of amides is 2. The fourth-order valence-corrected chi connectivity index (χ4v) is 3.03. The smallest absolute Gasteiger partial charge is 0.311 e. The van der Waals surface area contributed by atoms with Crippen molar-refractivity contribution in [2.24, 2.45) is 5.92 Å². The van der Waals surface area contributed by atoms with Crippen LogP contribution in [-0.4, -0.2) is 38.0 Å². The van der Waals surface area contributed by atoms with Crippen LogP contribution in [0.2, 0.25) is 0 Å². The summed E-state index contributed by atoms with van der Waals surface area (Å²) < 4.78 is 10.4. The van der Waals surface area contributed by atoms with E-state index in [0.29, 0.717) is 22.7 Å². The number of hydrogen-bond acceptors (Lipinski definition) is 6. The zero-order chi connectivity index (χ0) is 20.8. The molecule has 0 spiro atoms. The van der Waals surface area contributed by atoms with E-state index in [1.165, 1.54) is 12.0 Å². The number of ether oxygens (including phenoxy) is 2. The van der Waals surface area contributed by atoms with Gasteiger partial charge in [-0.1, -0.05) is 12.1 Å².